The van der Waals surface area contributed by atoms with Crippen LogP contribution in [0.15, 0.2) is 24.3 Å². The molecule has 0 aromatic heterocycles. The molecule has 23 heavy (non-hydrogen) atoms. The van der Waals surface area contributed by atoms with Crippen LogP contribution in [0.4, 0.5) is 5.69 Å². The highest BCUT2D eigenvalue weighted by Gasteiger charge is 2.39. The van der Waals surface area contributed by atoms with Crippen molar-refractivity contribution in [1.29, 1.82) is 0 Å². The van der Waals surface area contributed by atoms with Crippen LogP contribution in [0.25, 0.3) is 0 Å². The van der Waals surface area contributed by atoms with Crippen LogP contribution < -0.4 is 10.6 Å². The van der Waals surface area contributed by atoms with Gasteiger partial charge in [0.05, 0.1) is 0 Å². The number of rotatable bonds is 4. The molecule has 0 radical (unpaired) electrons. The summed E-state index contributed by atoms with van der Waals surface area (Å²) in [5, 5.41) is 6.19. The molecule has 126 valence electrons. The van der Waals surface area contributed by atoms with Crippen molar-refractivity contribution >= 4 is 29.9 Å². The Bertz CT molecular complexity index is 587. The molecule has 1 aliphatic carbocycles. The van der Waals surface area contributed by atoms with E-state index in [0.29, 0.717) is 17.2 Å². The third kappa shape index (κ3) is 4.03. The van der Waals surface area contributed by atoms with Crippen LogP contribution in [0.2, 0.25) is 0 Å². The summed E-state index contributed by atoms with van der Waals surface area (Å²) in [7, 11) is 1.84. The number of anilines is 1. The summed E-state index contributed by atoms with van der Waals surface area (Å²) in [5.74, 6) is 0.674. The molecule has 3 atom stereocenters. The van der Waals surface area contributed by atoms with Gasteiger partial charge in [-0.2, -0.15) is 0 Å². The van der Waals surface area contributed by atoms with Crippen molar-refractivity contribution in [3.8, 4) is 0 Å². The van der Waals surface area contributed by atoms with Crippen LogP contribution in [0.5, 0.6) is 0 Å². The predicted octanol–water partition coefficient (Wildman–Crippen LogP) is 2.14. The van der Waals surface area contributed by atoms with Crippen molar-refractivity contribution in [1.82, 2.24) is 10.2 Å². The van der Waals surface area contributed by atoms with E-state index in [1.807, 2.05) is 19.2 Å². The van der Waals surface area contributed by atoms with E-state index in [9.17, 15) is 9.59 Å². The highest BCUT2D eigenvalue weighted by molar-refractivity contribution is 5.98. The van der Waals surface area contributed by atoms with Gasteiger partial charge in [0.1, 0.15) is 0 Å². The van der Waals surface area contributed by atoms with Crippen molar-refractivity contribution in [2.45, 2.75) is 25.8 Å². The van der Waals surface area contributed by atoms with Gasteiger partial charge in [0.15, 0.2) is 0 Å². The Balaban J connectivity index is 0.00000192. The average Bonchev–Trinajstić information content (AvgIpc) is 3.03. The molecular formula is C17H24ClN3O2. The van der Waals surface area contributed by atoms with Gasteiger partial charge in [-0.15, -0.1) is 12.4 Å². The molecule has 1 aromatic rings. The van der Waals surface area contributed by atoms with Crippen molar-refractivity contribution in [3.63, 3.8) is 0 Å². The first kappa shape index (κ1) is 17.8. The van der Waals surface area contributed by atoms with E-state index >= 15 is 0 Å². The summed E-state index contributed by atoms with van der Waals surface area (Å²) in [5.41, 5.74) is 1.32. The molecule has 0 bridgehead atoms. The first-order valence-electron chi connectivity index (χ1n) is 7.95. The Morgan fingerprint density at radius 1 is 1.35 bits per heavy atom. The lowest BCUT2D eigenvalue weighted by molar-refractivity contribution is -0.117. The number of carbonyl (C=O) groups excluding carboxylic acids is 2. The van der Waals surface area contributed by atoms with Gasteiger partial charge in [0.25, 0.3) is 5.91 Å². The number of hydrogen-bond donors (Lipinski definition) is 2. The molecule has 2 N–H and O–H groups in total. The number of halogens is 1. The molecule has 5 nitrogen and oxygen atoms in total. The second-order valence-electron chi connectivity index (χ2n) is 6.45. The molecular weight excluding hydrogens is 314 g/mol. The van der Waals surface area contributed by atoms with Crippen LogP contribution in [0.1, 0.15) is 30.1 Å². The predicted molar refractivity (Wildman–Crippen MR) is 93.0 cm³/mol. The van der Waals surface area contributed by atoms with Gasteiger partial charge in [0, 0.05) is 36.8 Å². The minimum Gasteiger partial charge on any atom is -0.337 e. The molecule has 1 heterocycles. The molecule has 3 unspecified atom stereocenters. The maximum Gasteiger partial charge on any atom is 0.253 e. The Morgan fingerprint density at radius 2 is 2.09 bits per heavy atom. The van der Waals surface area contributed by atoms with Gasteiger partial charge in [-0.05, 0) is 43.5 Å². The van der Waals surface area contributed by atoms with Gasteiger partial charge in [-0.1, -0.05) is 13.0 Å². The minimum atomic E-state index is 0. The smallest absolute Gasteiger partial charge is 0.253 e. The van der Waals surface area contributed by atoms with Gasteiger partial charge < -0.3 is 15.5 Å². The molecule has 1 aromatic carbocycles. The normalized spacial score (nSPS) is 25.4. The molecule has 0 spiro atoms. The third-order valence-corrected chi connectivity index (χ3v) is 4.73. The molecule has 3 rings (SSSR count). The summed E-state index contributed by atoms with van der Waals surface area (Å²) < 4.78 is 0. The van der Waals surface area contributed by atoms with E-state index in [1.54, 1.807) is 17.0 Å². The van der Waals surface area contributed by atoms with E-state index in [4.69, 9.17) is 0 Å². The zero-order valence-corrected chi connectivity index (χ0v) is 14.4. The van der Waals surface area contributed by atoms with E-state index < -0.39 is 0 Å². The number of nitrogens with one attached hydrogen (secondary N) is 2. The van der Waals surface area contributed by atoms with Gasteiger partial charge in [0.2, 0.25) is 5.91 Å². The van der Waals surface area contributed by atoms with Gasteiger partial charge in [-0.25, -0.2) is 0 Å². The summed E-state index contributed by atoms with van der Waals surface area (Å²) in [6.45, 7) is 3.88. The number of nitrogens with zero attached hydrogens (tertiary/aromatic N) is 1. The number of likely N-dealkylation sites (N-methyl/N-ethyl adjacent to an activating group) is 1. The highest BCUT2D eigenvalue weighted by atomic mass is 35.5. The highest BCUT2D eigenvalue weighted by Crippen LogP contribution is 2.38. The fourth-order valence-corrected chi connectivity index (χ4v) is 2.99. The second-order valence-corrected chi connectivity index (χ2v) is 6.45. The van der Waals surface area contributed by atoms with Crippen molar-refractivity contribution in [3.05, 3.63) is 29.8 Å². The molecule has 6 heteroatoms. The van der Waals surface area contributed by atoms with E-state index in [-0.39, 0.29) is 36.2 Å². The first-order valence-corrected chi connectivity index (χ1v) is 7.95. The van der Waals surface area contributed by atoms with Crippen LogP contribution >= 0.6 is 12.4 Å². The average molecular weight is 338 g/mol. The monoisotopic (exact) mass is 337 g/mol. The Kier molecular flexibility index (Phi) is 5.65. The molecule has 1 aliphatic heterocycles. The van der Waals surface area contributed by atoms with Gasteiger partial charge >= 0.3 is 0 Å². The lowest BCUT2D eigenvalue weighted by atomic mass is 10.1. The van der Waals surface area contributed by atoms with Gasteiger partial charge in [-0.3, -0.25) is 9.59 Å². The number of carbonyl (C=O) groups is 2. The van der Waals surface area contributed by atoms with Crippen molar-refractivity contribution in [2.75, 3.05) is 25.5 Å². The lowest BCUT2D eigenvalue weighted by Crippen LogP contribution is -2.38. The van der Waals surface area contributed by atoms with Crippen LogP contribution in [-0.2, 0) is 4.79 Å². The standard InChI is InChI=1S/C17H23N3O2.ClH/c1-11-8-15(11)16(21)19-13-5-3-4-12(9-13)17(22)20(2)14-6-7-18-10-14;/h3-5,9,11,14-15,18H,6-8,10H2,1-2H3,(H,19,21);1H. The van der Waals surface area contributed by atoms with E-state index in [0.717, 1.165) is 25.9 Å². The van der Waals surface area contributed by atoms with E-state index in [1.165, 1.54) is 0 Å². The fourth-order valence-electron chi connectivity index (χ4n) is 2.99. The fraction of sp³-hybridized carbons (Fsp3) is 0.529. The van der Waals surface area contributed by atoms with E-state index in [2.05, 4.69) is 17.6 Å². The Hall–Kier alpha value is -1.59. The van der Waals surface area contributed by atoms with Crippen molar-refractivity contribution in [2.24, 2.45) is 11.8 Å². The number of hydrogen-bond acceptors (Lipinski definition) is 3. The van der Waals surface area contributed by atoms with Crippen LogP contribution in [0, 0.1) is 11.8 Å². The first-order chi connectivity index (χ1) is 10.6. The second kappa shape index (κ2) is 7.32. The number of amides is 2. The SMILES string of the molecule is CC1CC1C(=O)Nc1cccc(C(=O)N(C)C2CCNC2)c1.Cl. The zero-order chi connectivity index (χ0) is 15.7. The summed E-state index contributed by atoms with van der Waals surface area (Å²) >= 11 is 0. The maximum absolute atomic E-state index is 12.6. The Morgan fingerprint density at radius 3 is 2.70 bits per heavy atom. The summed E-state index contributed by atoms with van der Waals surface area (Å²) in [6.07, 6.45) is 1.94. The minimum absolute atomic E-state index is 0. The van der Waals surface area contributed by atoms with Crippen LogP contribution in [-0.4, -0.2) is 42.9 Å². The van der Waals surface area contributed by atoms with Crippen LogP contribution in [0.3, 0.4) is 0 Å². The van der Waals surface area contributed by atoms with Crippen molar-refractivity contribution < 1.29 is 9.59 Å². The number of benzene rings is 1. The largest absolute Gasteiger partial charge is 0.337 e. The molecule has 2 fully saturated rings. The molecule has 2 aliphatic rings. The maximum atomic E-state index is 12.6. The molecule has 1 saturated heterocycles. The topological polar surface area (TPSA) is 61.4 Å². The zero-order valence-electron chi connectivity index (χ0n) is 13.5. The molecule has 1 saturated carbocycles. The molecule has 2 amide bonds. The Labute approximate surface area is 143 Å². The lowest BCUT2D eigenvalue weighted by Gasteiger charge is -2.24. The summed E-state index contributed by atoms with van der Waals surface area (Å²) in [4.78, 5) is 26.3. The third-order valence-electron chi connectivity index (χ3n) is 4.73. The quantitative estimate of drug-likeness (QED) is 0.885. The summed E-state index contributed by atoms with van der Waals surface area (Å²) in [6, 6.07) is 7.47.